The predicted molar refractivity (Wildman–Crippen MR) is 145 cm³/mol. The fourth-order valence-electron chi connectivity index (χ4n) is 5.11. The van der Waals surface area contributed by atoms with Gasteiger partial charge >= 0.3 is 0 Å². The van der Waals surface area contributed by atoms with Crippen molar-refractivity contribution in [1.29, 1.82) is 0 Å². The van der Waals surface area contributed by atoms with Crippen LogP contribution in [0.2, 0.25) is 5.04 Å². The zero-order valence-electron chi connectivity index (χ0n) is 21.9. The second-order valence-corrected chi connectivity index (χ2v) is 15.6. The van der Waals surface area contributed by atoms with E-state index in [-0.39, 0.29) is 35.1 Å². The number of ether oxygens (including phenoxy) is 4. The van der Waals surface area contributed by atoms with Gasteiger partial charge in [-0.25, -0.2) is 0 Å². The summed E-state index contributed by atoms with van der Waals surface area (Å²) in [4.78, 5) is 13.0. The summed E-state index contributed by atoms with van der Waals surface area (Å²) in [5.74, 6) is 0.579. The highest BCUT2D eigenvalue weighted by atomic mass is 32.2. The van der Waals surface area contributed by atoms with Crippen LogP contribution >= 0.6 is 11.8 Å². The van der Waals surface area contributed by atoms with Crippen LogP contribution in [-0.2, 0) is 28.2 Å². The van der Waals surface area contributed by atoms with Gasteiger partial charge in [-0.3, -0.25) is 4.79 Å². The van der Waals surface area contributed by atoms with Crippen molar-refractivity contribution in [2.75, 3.05) is 20.5 Å². The van der Waals surface area contributed by atoms with Crippen LogP contribution < -0.4 is 10.4 Å². The summed E-state index contributed by atoms with van der Waals surface area (Å²) in [6.07, 6.45) is -1.29. The lowest BCUT2D eigenvalue weighted by atomic mass is 10.2. The third kappa shape index (κ3) is 5.21. The Morgan fingerprint density at radius 2 is 1.61 bits per heavy atom. The first-order chi connectivity index (χ1) is 17.2. The van der Waals surface area contributed by atoms with E-state index in [0.717, 1.165) is 0 Å². The largest absolute Gasteiger partial charge is 0.467 e. The summed E-state index contributed by atoms with van der Waals surface area (Å²) in [7, 11) is -1.29. The minimum atomic E-state index is -2.88. The van der Waals surface area contributed by atoms with Crippen LogP contribution in [0.5, 0.6) is 0 Å². The third-order valence-corrected chi connectivity index (χ3v) is 13.3. The molecule has 0 spiro atoms. The summed E-state index contributed by atoms with van der Waals surface area (Å²) < 4.78 is 30.9. The summed E-state index contributed by atoms with van der Waals surface area (Å²) in [5.41, 5.74) is 0. The van der Waals surface area contributed by atoms with E-state index >= 15 is 0 Å². The number of methoxy groups -OCH3 is 1. The van der Waals surface area contributed by atoms with Gasteiger partial charge in [-0.2, -0.15) is 0 Å². The SMILES string of the molecule is COCOC[C@H]1O[C@H]2OC(C)=C(C(C)=O)S[C@H]2[C@@H]1O[Si](c1ccccc1)(c1ccccc1)C(C)(C)C. The number of hydrogen-bond donors (Lipinski definition) is 0. The van der Waals surface area contributed by atoms with Crippen molar-refractivity contribution in [2.45, 2.75) is 63.4 Å². The highest BCUT2D eigenvalue weighted by Crippen LogP contribution is 2.47. The molecule has 4 atom stereocenters. The number of Topliss-reactive ketones (excluding diaryl/α,β-unsaturated/α-hetero) is 1. The number of carbonyl (C=O) groups is 1. The third-order valence-electron chi connectivity index (χ3n) is 6.67. The zero-order valence-corrected chi connectivity index (χ0v) is 23.7. The van der Waals surface area contributed by atoms with Gasteiger partial charge in [-0.1, -0.05) is 81.4 Å². The maximum Gasteiger partial charge on any atom is 0.261 e. The van der Waals surface area contributed by atoms with Crippen LogP contribution in [0, 0.1) is 0 Å². The van der Waals surface area contributed by atoms with E-state index in [1.807, 2.05) is 19.1 Å². The number of ketones is 1. The number of hydrogen-bond acceptors (Lipinski definition) is 7. The van der Waals surface area contributed by atoms with Crippen molar-refractivity contribution in [1.82, 2.24) is 0 Å². The number of fused-ring (bicyclic) bond motifs is 1. The summed E-state index contributed by atoms with van der Waals surface area (Å²) in [6, 6.07) is 21.0. The van der Waals surface area contributed by atoms with Crippen molar-refractivity contribution in [3.63, 3.8) is 0 Å². The lowest BCUT2D eigenvalue weighted by molar-refractivity contribution is -0.141. The van der Waals surface area contributed by atoms with Crippen LogP contribution in [-0.4, -0.2) is 58.4 Å². The molecule has 2 aliphatic rings. The van der Waals surface area contributed by atoms with E-state index < -0.39 is 14.6 Å². The number of rotatable bonds is 9. The molecule has 6 nitrogen and oxygen atoms in total. The average Bonchev–Trinajstić information content (AvgIpc) is 3.17. The van der Waals surface area contributed by atoms with Gasteiger partial charge in [0.25, 0.3) is 8.32 Å². The van der Waals surface area contributed by atoms with E-state index in [9.17, 15) is 4.79 Å². The molecule has 2 aliphatic heterocycles. The van der Waals surface area contributed by atoms with E-state index in [0.29, 0.717) is 17.3 Å². The Labute approximate surface area is 219 Å². The van der Waals surface area contributed by atoms with Crippen molar-refractivity contribution in [2.24, 2.45) is 0 Å². The summed E-state index contributed by atoms with van der Waals surface area (Å²) in [6.45, 7) is 10.6. The Bertz CT molecular complexity index is 1030. The Kier molecular flexibility index (Phi) is 8.44. The fourth-order valence-corrected chi connectivity index (χ4v) is 11.2. The second-order valence-electron chi connectivity index (χ2n) is 10.2. The molecular weight excluding hydrogens is 492 g/mol. The number of benzene rings is 2. The van der Waals surface area contributed by atoms with E-state index in [1.165, 1.54) is 22.1 Å². The van der Waals surface area contributed by atoms with Crippen LogP contribution in [0.15, 0.2) is 71.3 Å². The van der Waals surface area contributed by atoms with Gasteiger partial charge in [-0.05, 0) is 29.3 Å². The van der Waals surface area contributed by atoms with Gasteiger partial charge in [0, 0.05) is 7.11 Å². The van der Waals surface area contributed by atoms with Gasteiger partial charge < -0.3 is 23.4 Å². The lowest BCUT2D eigenvalue weighted by Gasteiger charge is -2.46. The highest BCUT2D eigenvalue weighted by Gasteiger charge is 2.58. The van der Waals surface area contributed by atoms with Gasteiger partial charge in [0.2, 0.25) is 6.29 Å². The molecule has 0 bridgehead atoms. The van der Waals surface area contributed by atoms with E-state index in [1.54, 1.807) is 14.0 Å². The molecule has 2 heterocycles. The molecular formula is C28H36O6SSi. The molecule has 2 aromatic rings. The second kappa shape index (κ2) is 11.2. The fraction of sp³-hybridized carbons (Fsp3) is 0.464. The molecule has 0 unspecified atom stereocenters. The van der Waals surface area contributed by atoms with E-state index in [2.05, 4.69) is 69.3 Å². The van der Waals surface area contributed by atoms with Gasteiger partial charge in [0.05, 0.1) is 22.9 Å². The molecule has 0 N–H and O–H groups in total. The quantitative estimate of drug-likeness (QED) is 0.274. The molecule has 36 heavy (non-hydrogen) atoms. The molecule has 1 fully saturated rings. The van der Waals surface area contributed by atoms with Crippen molar-refractivity contribution >= 4 is 36.2 Å². The molecule has 194 valence electrons. The van der Waals surface area contributed by atoms with Crippen molar-refractivity contribution in [3.05, 3.63) is 71.3 Å². The number of allylic oxidation sites excluding steroid dienone is 2. The predicted octanol–water partition coefficient (Wildman–Crippen LogP) is 4.23. The number of carbonyl (C=O) groups excluding carboxylic acids is 1. The van der Waals surface area contributed by atoms with E-state index in [4.69, 9.17) is 23.4 Å². The molecule has 1 saturated heterocycles. The molecule has 0 aromatic heterocycles. The smallest absolute Gasteiger partial charge is 0.261 e. The minimum absolute atomic E-state index is 0.0146. The molecule has 8 heteroatoms. The molecule has 0 saturated carbocycles. The Hall–Kier alpha value is -1.94. The summed E-state index contributed by atoms with van der Waals surface area (Å²) in [5, 5.41) is 1.94. The van der Waals surface area contributed by atoms with Crippen LogP contribution in [0.3, 0.4) is 0 Å². The number of thioether (sulfide) groups is 1. The maximum atomic E-state index is 12.4. The monoisotopic (exact) mass is 528 g/mol. The molecule has 2 aromatic carbocycles. The first kappa shape index (κ1) is 27.1. The normalized spacial score (nSPS) is 24.4. The molecule has 0 radical (unpaired) electrons. The maximum absolute atomic E-state index is 12.4. The van der Waals surface area contributed by atoms with Gasteiger partial charge in [0.15, 0.2) is 5.78 Å². The Morgan fingerprint density at radius 3 is 2.11 bits per heavy atom. The van der Waals surface area contributed by atoms with Crippen molar-refractivity contribution in [3.8, 4) is 0 Å². The van der Waals surface area contributed by atoms with Crippen LogP contribution in [0.25, 0.3) is 0 Å². The van der Waals surface area contributed by atoms with Crippen LogP contribution in [0.4, 0.5) is 0 Å². The first-order valence-electron chi connectivity index (χ1n) is 12.2. The van der Waals surface area contributed by atoms with Gasteiger partial charge in [-0.15, -0.1) is 11.8 Å². The summed E-state index contributed by atoms with van der Waals surface area (Å²) >= 11 is 1.50. The molecule has 4 rings (SSSR count). The first-order valence-corrected chi connectivity index (χ1v) is 15.0. The molecule has 0 aliphatic carbocycles. The standard InChI is InChI=1S/C28H36O6SSi/c1-19(29)25-20(2)32-27-26(35-25)24(23(33-27)17-31-18-30-6)34-36(28(3,4)5,21-13-9-7-10-14-21)22-15-11-8-12-16-22/h7-16,23-24,26-27H,17-18H2,1-6H3/t23-,24-,26+,27-/m1/s1. The minimum Gasteiger partial charge on any atom is -0.467 e. The average molecular weight is 529 g/mol. The Balaban J connectivity index is 1.82. The van der Waals surface area contributed by atoms with Crippen LogP contribution in [0.1, 0.15) is 34.6 Å². The lowest BCUT2D eigenvalue weighted by Crippen LogP contribution is -2.69. The van der Waals surface area contributed by atoms with Gasteiger partial charge in [0.1, 0.15) is 18.7 Å². The zero-order chi connectivity index (χ0) is 25.9. The highest BCUT2D eigenvalue weighted by molar-refractivity contribution is 8.04. The Morgan fingerprint density at radius 1 is 1.03 bits per heavy atom. The topological polar surface area (TPSA) is 63.2 Å². The molecule has 0 amide bonds. The van der Waals surface area contributed by atoms with Crippen molar-refractivity contribution < 1.29 is 28.2 Å².